The molecule has 0 fully saturated rings. The zero-order valence-corrected chi connectivity index (χ0v) is 14.8. The van der Waals surface area contributed by atoms with Crippen molar-refractivity contribution in [3.8, 4) is 0 Å². The Morgan fingerprint density at radius 2 is 2.00 bits per heavy atom. The number of carbonyl (C=O) groups is 1. The van der Waals surface area contributed by atoms with Gasteiger partial charge in [0.05, 0.1) is 4.88 Å². The third kappa shape index (κ3) is 3.40. The van der Waals surface area contributed by atoms with Crippen LogP contribution in [-0.2, 0) is 25.8 Å². The van der Waals surface area contributed by atoms with Crippen LogP contribution in [-0.4, -0.2) is 30.4 Å². The highest BCUT2D eigenvalue weighted by Gasteiger charge is 2.18. The number of nitrogens with one attached hydrogen (secondary N) is 1. The molecule has 3 nitrogen and oxygen atoms in total. The topological polar surface area (TPSA) is 32.3 Å². The second-order valence-corrected chi connectivity index (χ2v) is 7.95. The number of thiophene rings is 1. The predicted octanol–water partition coefficient (Wildman–Crippen LogP) is 3.42. The van der Waals surface area contributed by atoms with E-state index in [0.29, 0.717) is 0 Å². The Hall–Kier alpha value is -1.65. The van der Waals surface area contributed by atoms with E-state index in [1.165, 1.54) is 28.0 Å². The Kier molecular flexibility index (Phi) is 4.67. The molecule has 1 aliphatic carbocycles. The lowest BCUT2D eigenvalue weighted by molar-refractivity contribution is 0.0955. The van der Waals surface area contributed by atoms with Crippen molar-refractivity contribution in [2.75, 3.05) is 19.6 Å². The van der Waals surface area contributed by atoms with E-state index in [1.54, 1.807) is 11.3 Å². The van der Waals surface area contributed by atoms with Crippen LogP contribution in [0.25, 0.3) is 0 Å². The van der Waals surface area contributed by atoms with E-state index in [2.05, 4.69) is 40.5 Å². The van der Waals surface area contributed by atoms with Crippen LogP contribution in [0.1, 0.15) is 44.1 Å². The largest absolute Gasteiger partial charge is 0.351 e. The lowest BCUT2D eigenvalue weighted by Crippen LogP contribution is -2.33. The van der Waals surface area contributed by atoms with Gasteiger partial charge in [0, 0.05) is 31.1 Å². The maximum atomic E-state index is 12.3. The Morgan fingerprint density at radius 1 is 1.12 bits per heavy atom. The molecule has 126 valence electrons. The SMILES string of the molecule is O=C(NCCCN1CCc2ccccc2C1)c1cc2c(s1)CCC2. The van der Waals surface area contributed by atoms with Crippen LogP contribution in [0.5, 0.6) is 0 Å². The fraction of sp³-hybridized carbons (Fsp3) is 0.450. The van der Waals surface area contributed by atoms with E-state index >= 15 is 0 Å². The number of carbonyl (C=O) groups excluding carboxylic acids is 1. The first-order chi connectivity index (χ1) is 11.8. The quantitative estimate of drug-likeness (QED) is 0.846. The van der Waals surface area contributed by atoms with Gasteiger partial charge in [0.15, 0.2) is 0 Å². The summed E-state index contributed by atoms with van der Waals surface area (Å²) < 4.78 is 0. The minimum atomic E-state index is 0.110. The second-order valence-electron chi connectivity index (χ2n) is 6.82. The third-order valence-corrected chi connectivity index (χ3v) is 6.35. The monoisotopic (exact) mass is 340 g/mol. The summed E-state index contributed by atoms with van der Waals surface area (Å²) in [7, 11) is 0. The van der Waals surface area contributed by atoms with Crippen molar-refractivity contribution >= 4 is 17.2 Å². The molecule has 1 aliphatic heterocycles. The van der Waals surface area contributed by atoms with Crippen LogP contribution in [0.2, 0.25) is 0 Å². The first-order valence-corrected chi connectivity index (χ1v) is 9.80. The molecule has 0 radical (unpaired) electrons. The van der Waals surface area contributed by atoms with Crippen molar-refractivity contribution in [3.63, 3.8) is 0 Å². The Balaban J connectivity index is 1.21. The Bertz CT molecular complexity index is 715. The summed E-state index contributed by atoms with van der Waals surface area (Å²) in [6.45, 7) is 3.99. The number of hydrogen-bond donors (Lipinski definition) is 1. The van der Waals surface area contributed by atoms with Gasteiger partial charge in [-0.15, -0.1) is 11.3 Å². The number of amides is 1. The van der Waals surface area contributed by atoms with Crippen molar-refractivity contribution in [2.45, 2.75) is 38.6 Å². The summed E-state index contributed by atoms with van der Waals surface area (Å²) in [6, 6.07) is 10.8. The molecule has 0 bridgehead atoms. The van der Waals surface area contributed by atoms with Gasteiger partial charge in [-0.25, -0.2) is 0 Å². The van der Waals surface area contributed by atoms with E-state index < -0.39 is 0 Å². The molecule has 1 aromatic carbocycles. The normalized spacial score (nSPS) is 16.7. The fourth-order valence-corrected chi connectivity index (χ4v) is 4.95. The Labute approximate surface area is 147 Å². The maximum Gasteiger partial charge on any atom is 0.261 e. The van der Waals surface area contributed by atoms with E-state index in [1.807, 2.05) is 0 Å². The van der Waals surface area contributed by atoms with Crippen LogP contribution >= 0.6 is 11.3 Å². The summed E-state index contributed by atoms with van der Waals surface area (Å²) in [6.07, 6.45) is 5.71. The van der Waals surface area contributed by atoms with Gasteiger partial charge in [-0.05, 0) is 54.9 Å². The Morgan fingerprint density at radius 3 is 2.88 bits per heavy atom. The molecule has 2 heterocycles. The number of hydrogen-bond acceptors (Lipinski definition) is 3. The van der Waals surface area contributed by atoms with Gasteiger partial charge >= 0.3 is 0 Å². The first-order valence-electron chi connectivity index (χ1n) is 8.98. The first kappa shape index (κ1) is 15.9. The second kappa shape index (κ2) is 7.08. The van der Waals surface area contributed by atoms with Gasteiger partial charge in [0.2, 0.25) is 0 Å². The lowest BCUT2D eigenvalue weighted by Gasteiger charge is -2.28. The van der Waals surface area contributed by atoms with E-state index in [0.717, 1.165) is 56.7 Å². The summed E-state index contributed by atoms with van der Waals surface area (Å²) in [5.41, 5.74) is 4.35. The number of aryl methyl sites for hydroxylation is 2. The molecular formula is C20H24N2OS. The summed E-state index contributed by atoms with van der Waals surface area (Å²) >= 11 is 1.69. The van der Waals surface area contributed by atoms with Gasteiger partial charge in [-0.2, -0.15) is 0 Å². The van der Waals surface area contributed by atoms with Gasteiger partial charge in [0.25, 0.3) is 5.91 Å². The highest BCUT2D eigenvalue weighted by molar-refractivity contribution is 7.14. The molecule has 0 atom stereocenters. The average molecular weight is 340 g/mol. The van der Waals surface area contributed by atoms with Crippen LogP contribution in [0, 0.1) is 0 Å². The zero-order chi connectivity index (χ0) is 16.4. The minimum Gasteiger partial charge on any atom is -0.351 e. The fourth-order valence-electron chi connectivity index (χ4n) is 3.78. The molecule has 4 heteroatoms. The minimum absolute atomic E-state index is 0.110. The molecule has 0 spiro atoms. The molecular weight excluding hydrogens is 316 g/mol. The molecule has 4 rings (SSSR count). The predicted molar refractivity (Wildman–Crippen MR) is 98.7 cm³/mol. The van der Waals surface area contributed by atoms with Gasteiger partial charge in [-0.1, -0.05) is 24.3 Å². The average Bonchev–Trinajstić information content (AvgIpc) is 3.20. The third-order valence-electron chi connectivity index (χ3n) is 5.12. The maximum absolute atomic E-state index is 12.3. The summed E-state index contributed by atoms with van der Waals surface area (Å²) in [5.74, 6) is 0.110. The van der Waals surface area contributed by atoms with Gasteiger partial charge in [-0.3, -0.25) is 9.69 Å². The highest BCUT2D eigenvalue weighted by Crippen LogP contribution is 2.30. The number of fused-ring (bicyclic) bond motifs is 2. The van der Waals surface area contributed by atoms with Crippen LogP contribution in [0.4, 0.5) is 0 Å². The standard InChI is InChI=1S/C20H24N2OS/c23-20(19-13-16-7-3-8-18(16)24-19)21-10-4-11-22-12-9-15-5-1-2-6-17(15)14-22/h1-2,5-6,13H,3-4,7-12,14H2,(H,21,23). The van der Waals surface area contributed by atoms with Crippen molar-refractivity contribution < 1.29 is 4.79 Å². The number of nitrogens with zero attached hydrogens (tertiary/aromatic N) is 1. The van der Waals surface area contributed by atoms with Crippen LogP contribution in [0.15, 0.2) is 30.3 Å². The van der Waals surface area contributed by atoms with Crippen molar-refractivity contribution in [1.82, 2.24) is 10.2 Å². The lowest BCUT2D eigenvalue weighted by atomic mass is 10.00. The van der Waals surface area contributed by atoms with E-state index in [9.17, 15) is 4.79 Å². The molecule has 1 amide bonds. The molecule has 0 saturated carbocycles. The van der Waals surface area contributed by atoms with Crippen LogP contribution in [0.3, 0.4) is 0 Å². The number of benzene rings is 1. The van der Waals surface area contributed by atoms with Crippen molar-refractivity contribution in [3.05, 3.63) is 56.8 Å². The highest BCUT2D eigenvalue weighted by atomic mass is 32.1. The van der Waals surface area contributed by atoms with Gasteiger partial charge in [0.1, 0.15) is 0 Å². The van der Waals surface area contributed by atoms with Crippen molar-refractivity contribution in [2.24, 2.45) is 0 Å². The molecule has 0 saturated heterocycles. The molecule has 2 aromatic rings. The smallest absolute Gasteiger partial charge is 0.261 e. The molecule has 1 aromatic heterocycles. The van der Waals surface area contributed by atoms with Gasteiger partial charge < -0.3 is 5.32 Å². The van der Waals surface area contributed by atoms with Crippen molar-refractivity contribution in [1.29, 1.82) is 0 Å². The summed E-state index contributed by atoms with van der Waals surface area (Å²) in [4.78, 5) is 17.1. The molecule has 2 aliphatic rings. The van der Waals surface area contributed by atoms with E-state index in [-0.39, 0.29) is 5.91 Å². The van der Waals surface area contributed by atoms with Crippen LogP contribution < -0.4 is 5.32 Å². The van der Waals surface area contributed by atoms with E-state index in [4.69, 9.17) is 0 Å². The molecule has 0 unspecified atom stereocenters. The zero-order valence-electron chi connectivity index (χ0n) is 14.0. The molecule has 1 N–H and O–H groups in total. The number of rotatable bonds is 5. The molecule has 24 heavy (non-hydrogen) atoms. The summed E-state index contributed by atoms with van der Waals surface area (Å²) in [5, 5.41) is 3.09.